The molecule has 4 heteroatoms. The molecule has 0 spiro atoms. The van der Waals surface area contributed by atoms with Crippen LogP contribution in [0.25, 0.3) is 10.9 Å². The number of para-hydroxylation sites is 1. The van der Waals surface area contributed by atoms with Gasteiger partial charge in [-0.05, 0) is 23.8 Å². The summed E-state index contributed by atoms with van der Waals surface area (Å²) in [5.74, 6) is 0.174. The van der Waals surface area contributed by atoms with Crippen molar-refractivity contribution in [1.82, 2.24) is 4.98 Å². The minimum atomic E-state index is -0.316. The number of nitrogens with one attached hydrogen (secondary N) is 1. The fourth-order valence-electron chi connectivity index (χ4n) is 2.31. The first-order valence-corrected chi connectivity index (χ1v) is 6.68. The lowest BCUT2D eigenvalue weighted by Crippen LogP contribution is -2.02. The smallest absolute Gasteiger partial charge is 0.144 e. The Labute approximate surface area is 122 Å². The summed E-state index contributed by atoms with van der Waals surface area (Å²) in [7, 11) is 1.53. The number of hydrogen-bond donors (Lipinski definition) is 1. The van der Waals surface area contributed by atoms with E-state index in [9.17, 15) is 4.39 Å². The third-order valence-electron chi connectivity index (χ3n) is 3.35. The van der Waals surface area contributed by atoms with Crippen LogP contribution in [0.4, 0.5) is 10.1 Å². The van der Waals surface area contributed by atoms with E-state index in [0.29, 0.717) is 12.3 Å². The van der Waals surface area contributed by atoms with Crippen LogP contribution in [0.3, 0.4) is 0 Å². The molecule has 0 saturated carbocycles. The molecule has 1 N–H and O–H groups in total. The van der Waals surface area contributed by atoms with Crippen LogP contribution in [-0.4, -0.2) is 12.1 Å². The zero-order valence-corrected chi connectivity index (χ0v) is 11.6. The number of ether oxygens (including phenoxy) is 1. The summed E-state index contributed by atoms with van der Waals surface area (Å²) < 4.78 is 18.4. The summed E-state index contributed by atoms with van der Waals surface area (Å²) in [4.78, 5) is 4.42. The van der Waals surface area contributed by atoms with E-state index in [1.54, 1.807) is 12.3 Å². The number of fused-ring (bicyclic) bond motifs is 1. The normalized spacial score (nSPS) is 10.6. The van der Waals surface area contributed by atoms with Gasteiger partial charge in [-0.2, -0.15) is 0 Å². The second-order valence-corrected chi connectivity index (χ2v) is 4.69. The highest BCUT2D eigenvalue weighted by molar-refractivity contribution is 5.81. The summed E-state index contributed by atoms with van der Waals surface area (Å²) in [6.07, 6.45) is 1.78. The molecule has 21 heavy (non-hydrogen) atoms. The van der Waals surface area contributed by atoms with Gasteiger partial charge in [0.1, 0.15) is 11.6 Å². The van der Waals surface area contributed by atoms with Crippen LogP contribution in [0.5, 0.6) is 5.75 Å². The number of nitrogens with zero attached hydrogens (tertiary/aromatic N) is 1. The summed E-state index contributed by atoms with van der Waals surface area (Å²) in [5, 5.41) is 4.37. The van der Waals surface area contributed by atoms with Gasteiger partial charge in [0.2, 0.25) is 0 Å². The lowest BCUT2D eigenvalue weighted by atomic mass is 10.1. The van der Waals surface area contributed by atoms with Crippen molar-refractivity contribution in [3.05, 3.63) is 66.1 Å². The van der Waals surface area contributed by atoms with Crippen LogP contribution in [0.1, 0.15) is 5.56 Å². The van der Waals surface area contributed by atoms with Crippen molar-refractivity contribution >= 4 is 16.6 Å². The van der Waals surface area contributed by atoms with Crippen molar-refractivity contribution in [1.29, 1.82) is 0 Å². The number of anilines is 1. The van der Waals surface area contributed by atoms with Crippen LogP contribution >= 0.6 is 0 Å². The molecule has 106 valence electrons. The molecular formula is C17H15FN2O. The molecule has 3 nitrogen and oxygen atoms in total. The molecule has 3 rings (SSSR count). The molecule has 3 aromatic rings. The first kappa shape index (κ1) is 13.4. The third-order valence-corrected chi connectivity index (χ3v) is 3.35. The zero-order chi connectivity index (χ0) is 14.7. The van der Waals surface area contributed by atoms with E-state index in [4.69, 9.17) is 4.74 Å². The summed E-state index contributed by atoms with van der Waals surface area (Å²) >= 11 is 0. The molecule has 0 saturated heterocycles. The standard InChI is InChI=1S/C17H15FN2O/c1-21-16-10-14(18)7-8-15(16)20-11-13-5-2-4-12-6-3-9-19-17(12)13/h2-10,20H,11H2,1H3. The highest BCUT2D eigenvalue weighted by Gasteiger charge is 2.06. The highest BCUT2D eigenvalue weighted by Crippen LogP contribution is 2.26. The van der Waals surface area contributed by atoms with Crippen molar-refractivity contribution < 1.29 is 9.13 Å². The Morgan fingerprint density at radius 2 is 2.00 bits per heavy atom. The molecule has 0 radical (unpaired) electrons. The van der Waals surface area contributed by atoms with Gasteiger partial charge in [-0.25, -0.2) is 4.39 Å². The zero-order valence-electron chi connectivity index (χ0n) is 11.6. The number of methoxy groups -OCH3 is 1. The minimum absolute atomic E-state index is 0.316. The molecule has 0 bridgehead atoms. The molecule has 1 heterocycles. The fraction of sp³-hybridized carbons (Fsp3) is 0.118. The monoisotopic (exact) mass is 282 g/mol. The van der Waals surface area contributed by atoms with E-state index < -0.39 is 0 Å². The Bertz CT molecular complexity index is 768. The van der Waals surface area contributed by atoms with E-state index in [1.807, 2.05) is 30.3 Å². The van der Waals surface area contributed by atoms with Crippen LogP contribution < -0.4 is 10.1 Å². The molecular weight excluding hydrogens is 267 g/mol. The summed E-state index contributed by atoms with van der Waals surface area (Å²) in [5.41, 5.74) is 2.81. The van der Waals surface area contributed by atoms with Crippen LogP contribution in [0.2, 0.25) is 0 Å². The van der Waals surface area contributed by atoms with Crippen molar-refractivity contribution in [2.24, 2.45) is 0 Å². The number of benzene rings is 2. The number of aromatic nitrogens is 1. The van der Waals surface area contributed by atoms with E-state index >= 15 is 0 Å². The van der Waals surface area contributed by atoms with Crippen LogP contribution in [-0.2, 0) is 6.54 Å². The Kier molecular flexibility index (Phi) is 3.69. The maximum absolute atomic E-state index is 13.2. The predicted molar refractivity (Wildman–Crippen MR) is 82.0 cm³/mol. The molecule has 1 aromatic heterocycles. The van der Waals surface area contributed by atoms with Gasteiger partial charge >= 0.3 is 0 Å². The Balaban J connectivity index is 1.87. The van der Waals surface area contributed by atoms with Crippen molar-refractivity contribution in [2.45, 2.75) is 6.54 Å². The van der Waals surface area contributed by atoms with Gasteiger partial charge in [0.05, 0.1) is 18.3 Å². The number of pyridine rings is 1. The molecule has 0 unspecified atom stereocenters. The Morgan fingerprint density at radius 1 is 1.14 bits per heavy atom. The summed E-state index contributed by atoms with van der Waals surface area (Å²) in [6.45, 7) is 0.594. The Morgan fingerprint density at radius 3 is 2.86 bits per heavy atom. The maximum Gasteiger partial charge on any atom is 0.144 e. The van der Waals surface area contributed by atoms with Crippen molar-refractivity contribution in [3.63, 3.8) is 0 Å². The van der Waals surface area contributed by atoms with E-state index in [2.05, 4.69) is 10.3 Å². The second-order valence-electron chi connectivity index (χ2n) is 4.69. The largest absolute Gasteiger partial charge is 0.494 e. The molecule has 0 aliphatic rings. The molecule has 0 atom stereocenters. The average Bonchev–Trinajstić information content (AvgIpc) is 2.53. The SMILES string of the molecule is COc1cc(F)ccc1NCc1cccc2cccnc12. The van der Waals surface area contributed by atoms with Gasteiger partial charge < -0.3 is 10.1 Å². The quantitative estimate of drug-likeness (QED) is 0.785. The first-order chi connectivity index (χ1) is 10.3. The van der Waals surface area contributed by atoms with E-state index in [1.165, 1.54) is 19.2 Å². The third kappa shape index (κ3) is 2.79. The average molecular weight is 282 g/mol. The van der Waals surface area contributed by atoms with Gasteiger partial charge in [0.15, 0.2) is 0 Å². The van der Waals surface area contributed by atoms with Gasteiger partial charge in [0, 0.05) is 24.2 Å². The van der Waals surface area contributed by atoms with Gasteiger partial charge in [-0.3, -0.25) is 4.98 Å². The molecule has 0 amide bonds. The lowest BCUT2D eigenvalue weighted by molar-refractivity contribution is 0.413. The predicted octanol–water partition coefficient (Wildman–Crippen LogP) is 3.99. The molecule has 0 aliphatic carbocycles. The fourth-order valence-corrected chi connectivity index (χ4v) is 2.31. The van der Waals surface area contributed by atoms with Crippen LogP contribution in [0, 0.1) is 5.82 Å². The highest BCUT2D eigenvalue weighted by atomic mass is 19.1. The molecule has 0 fully saturated rings. The van der Waals surface area contributed by atoms with Gasteiger partial charge in [-0.1, -0.05) is 24.3 Å². The first-order valence-electron chi connectivity index (χ1n) is 6.68. The van der Waals surface area contributed by atoms with Crippen molar-refractivity contribution in [2.75, 3.05) is 12.4 Å². The number of rotatable bonds is 4. The second kappa shape index (κ2) is 5.79. The molecule has 0 aliphatic heterocycles. The maximum atomic E-state index is 13.2. The minimum Gasteiger partial charge on any atom is -0.494 e. The topological polar surface area (TPSA) is 34.1 Å². The van der Waals surface area contributed by atoms with Gasteiger partial charge in [0.25, 0.3) is 0 Å². The van der Waals surface area contributed by atoms with E-state index in [-0.39, 0.29) is 5.82 Å². The summed E-state index contributed by atoms with van der Waals surface area (Å²) in [6, 6.07) is 14.5. The Hall–Kier alpha value is -2.62. The lowest BCUT2D eigenvalue weighted by Gasteiger charge is -2.12. The van der Waals surface area contributed by atoms with E-state index in [0.717, 1.165) is 22.2 Å². The van der Waals surface area contributed by atoms with Gasteiger partial charge in [-0.15, -0.1) is 0 Å². The van der Waals surface area contributed by atoms with Crippen LogP contribution in [0.15, 0.2) is 54.7 Å². The molecule has 2 aromatic carbocycles. The number of halogens is 1. The van der Waals surface area contributed by atoms with Crippen molar-refractivity contribution in [3.8, 4) is 5.75 Å². The number of hydrogen-bond acceptors (Lipinski definition) is 3.